The molecule has 13 nitrogen and oxygen atoms in total. The molecule has 2 aromatic carbocycles. The van der Waals surface area contributed by atoms with E-state index in [1.807, 2.05) is 31.2 Å². The van der Waals surface area contributed by atoms with Crippen molar-refractivity contribution in [2.75, 3.05) is 19.7 Å². The number of piperidine rings is 1. The molecular weight excluding hydrogens is 592 g/mol. The number of alkyl carbamates (subject to hydrolysis) is 1. The number of aromatic nitrogens is 2. The van der Waals surface area contributed by atoms with Crippen LogP contribution in [-0.2, 0) is 39.3 Å². The lowest BCUT2D eigenvalue weighted by Gasteiger charge is -2.23. The number of benzene rings is 2. The van der Waals surface area contributed by atoms with E-state index >= 15 is 0 Å². The second kappa shape index (κ2) is 17.0. The first kappa shape index (κ1) is 34.0. The van der Waals surface area contributed by atoms with Gasteiger partial charge in [-0.3, -0.25) is 19.1 Å². The van der Waals surface area contributed by atoms with Gasteiger partial charge in [0.05, 0.1) is 19.2 Å². The van der Waals surface area contributed by atoms with Gasteiger partial charge in [0.2, 0.25) is 11.8 Å². The van der Waals surface area contributed by atoms with Gasteiger partial charge < -0.3 is 35.8 Å². The highest BCUT2D eigenvalue weighted by Crippen LogP contribution is 2.20. The highest BCUT2D eigenvalue weighted by molar-refractivity contribution is 5.93. The first-order valence-corrected chi connectivity index (χ1v) is 15.4. The van der Waals surface area contributed by atoms with Crippen molar-refractivity contribution in [1.82, 2.24) is 31.0 Å². The van der Waals surface area contributed by atoms with Crippen molar-refractivity contribution in [2.45, 2.75) is 57.8 Å². The Morgan fingerprint density at radius 1 is 1.11 bits per heavy atom. The highest BCUT2D eigenvalue weighted by Gasteiger charge is 2.30. The van der Waals surface area contributed by atoms with E-state index in [0.29, 0.717) is 23.8 Å². The molecule has 4 rings (SSSR count). The summed E-state index contributed by atoms with van der Waals surface area (Å²) in [5.41, 5.74) is 2.88. The van der Waals surface area contributed by atoms with Crippen LogP contribution >= 0.6 is 0 Å². The van der Waals surface area contributed by atoms with Crippen LogP contribution in [0.5, 0.6) is 5.75 Å². The van der Waals surface area contributed by atoms with Gasteiger partial charge in [-0.2, -0.15) is 5.10 Å². The van der Waals surface area contributed by atoms with Gasteiger partial charge in [-0.05, 0) is 74.0 Å². The minimum atomic E-state index is -1.51. The fraction of sp³-hybridized carbons (Fsp3) is 0.424. The molecule has 2 heterocycles. The van der Waals surface area contributed by atoms with Gasteiger partial charge in [0.15, 0.2) is 0 Å². The van der Waals surface area contributed by atoms with E-state index in [1.54, 1.807) is 37.5 Å². The van der Waals surface area contributed by atoms with Gasteiger partial charge in [0.25, 0.3) is 0 Å². The normalized spacial score (nSPS) is 15.7. The average Bonchev–Trinajstić information content (AvgIpc) is 3.48. The molecule has 0 saturated carbocycles. The van der Waals surface area contributed by atoms with Crippen LogP contribution in [0.3, 0.4) is 0 Å². The molecule has 46 heavy (non-hydrogen) atoms. The number of amides is 3. The lowest BCUT2D eigenvalue weighted by molar-refractivity contribution is -0.140. The number of ether oxygens (including phenoxy) is 2. The summed E-state index contributed by atoms with van der Waals surface area (Å²) in [5, 5.41) is 24.7. The molecule has 3 aromatic rings. The summed E-state index contributed by atoms with van der Waals surface area (Å²) in [6.07, 6.45) is 4.64. The number of carbonyl (C=O) groups excluding carboxylic acids is 3. The van der Waals surface area contributed by atoms with Gasteiger partial charge in [-0.15, -0.1) is 0 Å². The van der Waals surface area contributed by atoms with Crippen molar-refractivity contribution >= 4 is 23.9 Å². The van der Waals surface area contributed by atoms with Crippen LogP contribution in [0.4, 0.5) is 4.79 Å². The van der Waals surface area contributed by atoms with Crippen LogP contribution in [0.1, 0.15) is 54.0 Å². The van der Waals surface area contributed by atoms with Crippen molar-refractivity contribution in [3.05, 3.63) is 83.2 Å². The Bertz CT molecular complexity index is 1470. The van der Waals surface area contributed by atoms with Gasteiger partial charge >= 0.3 is 12.1 Å². The summed E-state index contributed by atoms with van der Waals surface area (Å²) in [5.74, 6) is -1.43. The molecule has 1 fully saturated rings. The molecule has 1 aromatic heterocycles. The quantitative estimate of drug-likeness (QED) is 0.169. The zero-order valence-corrected chi connectivity index (χ0v) is 26.2. The molecule has 246 valence electrons. The van der Waals surface area contributed by atoms with Crippen LogP contribution in [0, 0.1) is 12.8 Å². The van der Waals surface area contributed by atoms with E-state index in [1.165, 1.54) is 23.7 Å². The monoisotopic (exact) mass is 634 g/mol. The van der Waals surface area contributed by atoms with Crippen LogP contribution in [-0.4, -0.2) is 64.5 Å². The van der Waals surface area contributed by atoms with E-state index in [0.717, 1.165) is 36.2 Å². The Morgan fingerprint density at radius 3 is 2.61 bits per heavy atom. The van der Waals surface area contributed by atoms with Crippen molar-refractivity contribution in [1.29, 1.82) is 0 Å². The van der Waals surface area contributed by atoms with E-state index in [9.17, 15) is 24.3 Å². The molecule has 1 aliphatic heterocycles. The van der Waals surface area contributed by atoms with Gasteiger partial charge in [0.1, 0.15) is 24.4 Å². The van der Waals surface area contributed by atoms with E-state index < -0.39 is 42.4 Å². The zero-order valence-electron chi connectivity index (χ0n) is 26.2. The number of nitrogens with one attached hydrogen (secondary N) is 4. The third kappa shape index (κ3) is 10.6. The number of aliphatic carboxylic acids is 1. The topological polar surface area (TPSA) is 173 Å². The largest absolute Gasteiger partial charge is 0.494 e. The maximum Gasteiger partial charge on any atom is 0.408 e. The molecule has 13 heteroatoms. The predicted molar refractivity (Wildman–Crippen MR) is 169 cm³/mol. The van der Waals surface area contributed by atoms with Crippen molar-refractivity contribution in [3.8, 4) is 5.75 Å². The maximum atomic E-state index is 13.5. The Balaban J connectivity index is 1.38. The van der Waals surface area contributed by atoms with E-state index in [-0.39, 0.29) is 13.2 Å². The average molecular weight is 635 g/mol. The molecule has 2 unspecified atom stereocenters. The number of carboxylic acids is 1. The summed E-state index contributed by atoms with van der Waals surface area (Å²) in [6.45, 7) is 4.69. The molecule has 0 aliphatic carbocycles. The number of hydrogen-bond acceptors (Lipinski definition) is 8. The number of nitrogens with zero attached hydrogens (tertiary/aromatic N) is 2. The lowest BCUT2D eigenvalue weighted by atomic mass is 9.97. The number of aryl methyl sites for hydroxylation is 2. The Morgan fingerprint density at radius 2 is 1.91 bits per heavy atom. The second-order valence-corrected chi connectivity index (χ2v) is 11.4. The predicted octanol–water partition coefficient (Wildman–Crippen LogP) is 2.74. The number of carboxylic acid groups (broad SMARTS) is 1. The van der Waals surface area contributed by atoms with Crippen molar-refractivity contribution in [2.24, 2.45) is 13.0 Å². The number of hydrogen-bond donors (Lipinski definition) is 5. The van der Waals surface area contributed by atoms with Crippen LogP contribution in [0.25, 0.3) is 0 Å². The minimum absolute atomic E-state index is 0.0710. The summed E-state index contributed by atoms with van der Waals surface area (Å²) in [7, 11) is 1.66. The fourth-order valence-electron chi connectivity index (χ4n) is 5.15. The van der Waals surface area contributed by atoms with Gasteiger partial charge in [-0.25, -0.2) is 4.79 Å². The Kier molecular flexibility index (Phi) is 12.5. The molecule has 0 radical (unpaired) electrons. The molecule has 1 aliphatic rings. The third-order valence-electron chi connectivity index (χ3n) is 7.77. The molecule has 0 bridgehead atoms. The second-order valence-electron chi connectivity index (χ2n) is 11.4. The smallest absolute Gasteiger partial charge is 0.408 e. The number of rotatable bonds is 15. The first-order valence-electron chi connectivity index (χ1n) is 15.4. The molecule has 3 atom stereocenters. The summed E-state index contributed by atoms with van der Waals surface area (Å²) >= 11 is 0. The summed E-state index contributed by atoms with van der Waals surface area (Å²) < 4.78 is 12.7. The summed E-state index contributed by atoms with van der Waals surface area (Å²) in [6, 6.07) is 11.9. The Hall–Kier alpha value is -4.91. The Labute approximate surface area is 268 Å². The molecule has 0 spiro atoms. The van der Waals surface area contributed by atoms with Crippen molar-refractivity contribution in [3.63, 3.8) is 0 Å². The molecule has 1 saturated heterocycles. The standard InChI is InChI=1S/C33H42N6O7/c1-22-10-11-27(45-14-12-23-9-6-13-34-17-23)15-25(22)18-35-32(43)30(26-19-36-39(2)20-26)38-31(42)28(16-29(40)41)37-33(44)46-21-24-7-4-3-5-8-24/h3-5,7-8,10-11,15,19-20,23,28,30,34H,6,9,12-14,16-18,21H2,1-2H3,(H,35,43)(H,37,44)(H,38,42)(H,40,41)/t23?,28-,30?/m0/s1. The summed E-state index contributed by atoms with van der Waals surface area (Å²) in [4.78, 5) is 50.8. The van der Waals surface area contributed by atoms with Crippen LogP contribution in [0.15, 0.2) is 60.9 Å². The van der Waals surface area contributed by atoms with E-state index in [4.69, 9.17) is 9.47 Å². The van der Waals surface area contributed by atoms with E-state index in [2.05, 4.69) is 26.4 Å². The molecule has 5 N–H and O–H groups in total. The molecule has 3 amide bonds. The molecular formula is C33H42N6O7. The minimum Gasteiger partial charge on any atom is -0.494 e. The van der Waals surface area contributed by atoms with Gasteiger partial charge in [0, 0.05) is 25.4 Å². The number of carbonyl (C=O) groups is 4. The van der Waals surface area contributed by atoms with Crippen molar-refractivity contribution < 1.29 is 33.8 Å². The SMILES string of the molecule is Cc1ccc(OCCC2CCCNC2)cc1CNC(=O)C(NC(=O)[C@H](CC(=O)O)NC(=O)OCc1ccccc1)c1cnn(C)c1. The first-order chi connectivity index (χ1) is 22.2. The maximum absolute atomic E-state index is 13.5. The zero-order chi connectivity index (χ0) is 32.9. The third-order valence-corrected chi connectivity index (χ3v) is 7.77. The highest BCUT2D eigenvalue weighted by atomic mass is 16.5. The fourth-order valence-corrected chi connectivity index (χ4v) is 5.15. The van der Waals surface area contributed by atoms with Gasteiger partial charge in [-0.1, -0.05) is 36.4 Å². The van der Waals surface area contributed by atoms with Crippen LogP contribution < -0.4 is 26.0 Å². The van der Waals surface area contributed by atoms with Crippen LogP contribution in [0.2, 0.25) is 0 Å². The lowest BCUT2D eigenvalue weighted by Crippen LogP contribution is -2.51.